The molecule has 0 aliphatic heterocycles. The molecule has 0 saturated carbocycles. The third-order valence-electron chi connectivity index (χ3n) is 1.60. The minimum Gasteiger partial charge on any atom is -0.474 e. The Morgan fingerprint density at radius 1 is 1.00 bits per heavy atom. The van der Waals surface area contributed by atoms with E-state index in [2.05, 4.69) is 0 Å². The van der Waals surface area contributed by atoms with E-state index in [0.717, 1.165) is 20.8 Å². The first-order valence-electron chi connectivity index (χ1n) is 5.46. The van der Waals surface area contributed by atoms with Gasteiger partial charge in [-0.1, -0.05) is 0 Å². The molecule has 0 radical (unpaired) electrons. The average Bonchev–Trinajstić information content (AvgIpc) is 2.09. The number of carbonyl (C=O) groups excluding carboxylic acids is 3. The van der Waals surface area contributed by atoms with Crippen LogP contribution in [0.25, 0.3) is 0 Å². The van der Waals surface area contributed by atoms with Gasteiger partial charge < -0.3 is 18.0 Å². The quantitative estimate of drug-likeness (QED) is 0.271. The van der Waals surface area contributed by atoms with Gasteiger partial charge in [0.05, 0.1) is 0 Å². The van der Waals surface area contributed by atoms with Gasteiger partial charge >= 0.3 is 8.80 Å². The molecule has 0 aromatic rings. The van der Waals surface area contributed by atoms with E-state index in [-0.39, 0.29) is 11.1 Å². The van der Waals surface area contributed by atoms with Gasteiger partial charge in [-0.3, -0.25) is 14.4 Å². The Hall–Kier alpha value is -0.753. The van der Waals surface area contributed by atoms with Crippen molar-refractivity contribution in [1.29, 1.82) is 0 Å². The van der Waals surface area contributed by atoms with E-state index >= 15 is 0 Å². The maximum absolute atomic E-state index is 11.2. The van der Waals surface area contributed by atoms with Gasteiger partial charge in [-0.15, -0.1) is 0 Å². The molecule has 0 aromatic carbocycles. The van der Waals surface area contributed by atoms with Crippen LogP contribution in [-0.2, 0) is 32.4 Å². The van der Waals surface area contributed by atoms with Crippen LogP contribution in [0, 0.1) is 0 Å². The zero-order chi connectivity index (χ0) is 15.9. The summed E-state index contributed by atoms with van der Waals surface area (Å²) in [6, 6.07) is -0.0831. The lowest BCUT2D eigenvalue weighted by Gasteiger charge is -2.27. The van der Waals surface area contributed by atoms with E-state index in [1.54, 1.807) is 6.92 Å². The summed E-state index contributed by atoms with van der Waals surface area (Å²) in [7, 11) is -3.86. The fraction of sp³-hybridized carbons (Fsp3) is 0.600. The van der Waals surface area contributed by atoms with Crippen molar-refractivity contribution < 1.29 is 32.4 Å². The molecule has 0 aliphatic rings. The normalized spacial score (nSPS) is 12.1. The van der Waals surface area contributed by atoms with Crippen LogP contribution in [-0.4, -0.2) is 35.9 Å². The van der Waals surface area contributed by atoms with E-state index in [9.17, 15) is 14.4 Å². The fourth-order valence-electron chi connectivity index (χ4n) is 1.26. The van der Waals surface area contributed by atoms with E-state index in [4.69, 9.17) is 30.2 Å². The topological polar surface area (TPSA) is 88.1 Å². The van der Waals surface area contributed by atoms with Crippen molar-refractivity contribution in [1.82, 2.24) is 0 Å². The molecule has 0 amide bonds. The van der Waals surface area contributed by atoms with Crippen LogP contribution in [0.5, 0.6) is 0 Å². The van der Waals surface area contributed by atoms with Crippen molar-refractivity contribution >= 4 is 66.6 Å². The number of halogens is 1. The highest BCUT2D eigenvalue weighted by Gasteiger charge is 2.54. The lowest BCUT2D eigenvalue weighted by Crippen LogP contribution is -2.51. The maximum Gasteiger partial charge on any atom is 0.709 e. The first-order valence-corrected chi connectivity index (χ1v) is 9.05. The molecule has 0 aromatic heterocycles. The highest BCUT2D eigenvalue weighted by atomic mass is 127. The number of carbonyl (C=O) groups is 3. The molecular weight excluding hydrogens is 419 g/mol. The number of hydrogen-bond donors (Lipinski definition) is 0. The van der Waals surface area contributed by atoms with Crippen LogP contribution in [0.15, 0.2) is 0 Å². The van der Waals surface area contributed by atoms with Gasteiger partial charge in [-0.25, -0.2) is 0 Å². The Bertz CT molecular complexity index is 374. The van der Waals surface area contributed by atoms with Gasteiger partial charge in [0, 0.05) is 27.7 Å². The van der Waals surface area contributed by atoms with Crippen molar-refractivity contribution in [2.24, 2.45) is 0 Å². The number of rotatable bonds is 6. The van der Waals surface area contributed by atoms with Gasteiger partial charge in [-0.05, 0) is 34.8 Å². The minimum atomic E-state index is -3.86. The summed E-state index contributed by atoms with van der Waals surface area (Å²) < 4.78 is 19.6. The van der Waals surface area contributed by atoms with Gasteiger partial charge in [0.2, 0.25) is 0 Å². The monoisotopic (exact) mass is 434 g/mol. The first kappa shape index (κ1) is 19.2. The molecular formula is C10H15IO7SSi. The highest BCUT2D eigenvalue weighted by molar-refractivity contribution is 14.1. The van der Waals surface area contributed by atoms with Crippen LogP contribution in [0.4, 0.5) is 0 Å². The van der Waals surface area contributed by atoms with E-state index in [0.29, 0.717) is 0 Å². The Balaban J connectivity index is 5.23. The van der Waals surface area contributed by atoms with Crippen LogP contribution in [0.1, 0.15) is 27.7 Å². The molecule has 0 N–H and O–H groups in total. The zero-order valence-electron chi connectivity index (χ0n) is 11.4. The first-order chi connectivity index (χ1) is 9.06. The van der Waals surface area contributed by atoms with Crippen LogP contribution < -0.4 is 0 Å². The van der Waals surface area contributed by atoms with Crippen molar-refractivity contribution in [3.8, 4) is 0 Å². The molecule has 10 heteroatoms. The highest BCUT2D eigenvalue weighted by Crippen LogP contribution is 2.24. The van der Waals surface area contributed by atoms with Gasteiger partial charge in [-0.2, -0.15) is 0 Å². The molecule has 0 bridgehead atoms. The summed E-state index contributed by atoms with van der Waals surface area (Å²) in [5.41, 5.74) is 0. The standard InChI is InChI=1S/C10H15IO7SSi/c1-6(12)16-20(17-7(2)13,18-8(3)14)5-10(11)15-9(4)19/h10H,5H2,1-4H3. The van der Waals surface area contributed by atoms with Crippen LogP contribution >= 0.6 is 34.8 Å². The lowest BCUT2D eigenvalue weighted by atomic mass is 10.8. The van der Waals surface area contributed by atoms with Crippen molar-refractivity contribution in [2.75, 3.05) is 0 Å². The Labute approximate surface area is 136 Å². The third-order valence-corrected chi connectivity index (χ3v) is 5.89. The summed E-state index contributed by atoms with van der Waals surface area (Å²) in [4.78, 5) is 33.6. The maximum atomic E-state index is 11.2. The molecule has 0 aliphatic carbocycles. The van der Waals surface area contributed by atoms with Crippen molar-refractivity contribution in [3.63, 3.8) is 0 Å². The lowest BCUT2D eigenvalue weighted by molar-refractivity contribution is -0.147. The van der Waals surface area contributed by atoms with Crippen LogP contribution in [0.3, 0.4) is 0 Å². The molecule has 0 fully saturated rings. The summed E-state index contributed by atoms with van der Waals surface area (Å²) in [5, 5.41) is 0.265. The smallest absolute Gasteiger partial charge is 0.474 e. The second-order valence-electron chi connectivity index (χ2n) is 3.69. The Kier molecular flexibility index (Phi) is 8.19. The van der Waals surface area contributed by atoms with Gasteiger partial charge in [0.15, 0.2) is 9.16 Å². The van der Waals surface area contributed by atoms with Crippen LogP contribution in [0.2, 0.25) is 6.04 Å². The van der Waals surface area contributed by atoms with E-state index in [1.807, 2.05) is 22.6 Å². The van der Waals surface area contributed by atoms with Crippen molar-refractivity contribution in [3.05, 3.63) is 0 Å². The largest absolute Gasteiger partial charge is 0.709 e. The SMILES string of the molecule is CC(=O)O[Si](CC(I)OC(C)=S)(OC(C)=O)OC(C)=O. The second-order valence-corrected chi connectivity index (χ2v) is 8.04. The Morgan fingerprint density at radius 3 is 1.60 bits per heavy atom. The number of hydrogen-bond acceptors (Lipinski definition) is 8. The van der Waals surface area contributed by atoms with Gasteiger partial charge in [0.25, 0.3) is 17.9 Å². The second kappa shape index (κ2) is 8.52. The molecule has 20 heavy (non-hydrogen) atoms. The summed E-state index contributed by atoms with van der Waals surface area (Å²) in [6.07, 6.45) is 0. The number of thiocarbonyl (C=S) groups is 1. The molecule has 1 atom stereocenters. The molecule has 0 saturated heterocycles. The summed E-state index contributed by atoms with van der Waals surface area (Å²) >= 11 is 6.66. The molecule has 1 unspecified atom stereocenters. The molecule has 7 nitrogen and oxygen atoms in total. The predicted octanol–water partition coefficient (Wildman–Crippen LogP) is 1.74. The Morgan fingerprint density at radius 2 is 1.35 bits per heavy atom. The zero-order valence-corrected chi connectivity index (χ0v) is 15.4. The van der Waals surface area contributed by atoms with E-state index in [1.165, 1.54) is 0 Å². The fourth-order valence-corrected chi connectivity index (χ4v) is 5.72. The molecule has 114 valence electrons. The number of alkyl halides is 1. The van der Waals surface area contributed by atoms with E-state index < -0.39 is 30.8 Å². The minimum absolute atomic E-state index is 0.0831. The average molecular weight is 434 g/mol. The molecule has 0 spiro atoms. The summed E-state index contributed by atoms with van der Waals surface area (Å²) in [5.74, 6) is -2.16. The van der Waals surface area contributed by atoms with Crippen molar-refractivity contribution in [2.45, 2.75) is 37.8 Å². The van der Waals surface area contributed by atoms with Gasteiger partial charge in [0.1, 0.15) is 6.04 Å². The predicted molar refractivity (Wildman–Crippen MR) is 83.0 cm³/mol. The number of ether oxygens (including phenoxy) is 1. The third kappa shape index (κ3) is 8.42. The summed E-state index contributed by atoms with van der Waals surface area (Å²) in [6.45, 7) is 4.94. The molecule has 0 rings (SSSR count). The molecule has 0 heterocycles.